The van der Waals surface area contributed by atoms with Crippen LogP contribution in [0.5, 0.6) is 5.75 Å². The molecule has 1 N–H and O–H groups in total. The largest absolute Gasteiger partial charge is 0.489 e. The second kappa shape index (κ2) is 9.51. The van der Waals surface area contributed by atoms with Crippen LogP contribution >= 0.6 is 11.5 Å². The lowest BCUT2D eigenvalue weighted by Crippen LogP contribution is -2.13. The van der Waals surface area contributed by atoms with Crippen LogP contribution in [0.15, 0.2) is 59.3 Å². The lowest BCUT2D eigenvalue weighted by atomic mass is 10.1. The minimum atomic E-state index is -3.58. The molecule has 0 unspecified atom stereocenters. The number of hydrogen-bond acceptors (Lipinski definition) is 8. The molecule has 0 atom stereocenters. The van der Waals surface area contributed by atoms with Crippen LogP contribution in [0, 0.1) is 18.3 Å². The number of sulfone groups is 1. The van der Waals surface area contributed by atoms with E-state index in [1.54, 1.807) is 24.3 Å². The second-order valence-electron chi connectivity index (χ2n) is 6.62. The van der Waals surface area contributed by atoms with Gasteiger partial charge in [0.15, 0.2) is 0 Å². The van der Waals surface area contributed by atoms with Crippen molar-refractivity contribution in [2.24, 2.45) is 0 Å². The fourth-order valence-electron chi connectivity index (χ4n) is 2.40. The molecule has 1 heterocycles. The number of nitrogens with zero attached hydrogens (tertiary/aromatic N) is 3. The van der Waals surface area contributed by atoms with Crippen molar-refractivity contribution in [1.82, 2.24) is 9.36 Å². The Balaban J connectivity index is 1.64. The SMILES string of the molecule is Cc1ccc(COc2ccc(/C=C(/C#N)C(=O)Nc3nc(S(C)(=O)=O)ns3)cc2)cc1. The number of aromatic nitrogens is 2. The predicted molar refractivity (Wildman–Crippen MR) is 117 cm³/mol. The number of benzene rings is 2. The molecule has 2 aromatic carbocycles. The molecule has 8 nitrogen and oxygen atoms in total. The van der Waals surface area contributed by atoms with E-state index in [2.05, 4.69) is 14.7 Å². The van der Waals surface area contributed by atoms with Gasteiger partial charge in [0.2, 0.25) is 15.0 Å². The number of rotatable bonds is 7. The van der Waals surface area contributed by atoms with Crippen LogP contribution in [-0.4, -0.2) is 29.9 Å². The first-order valence-corrected chi connectivity index (χ1v) is 11.7. The third kappa shape index (κ3) is 6.21. The first kappa shape index (κ1) is 22.1. The zero-order chi connectivity index (χ0) is 22.4. The molecular formula is C21H18N4O4S2. The van der Waals surface area contributed by atoms with Crippen LogP contribution in [-0.2, 0) is 21.2 Å². The fraction of sp³-hybridized carbons (Fsp3) is 0.143. The quantitative estimate of drug-likeness (QED) is 0.429. The molecule has 0 saturated heterocycles. The van der Waals surface area contributed by atoms with Gasteiger partial charge < -0.3 is 4.74 Å². The van der Waals surface area contributed by atoms with E-state index in [0.29, 0.717) is 17.9 Å². The Bertz CT molecular complexity index is 1260. The Morgan fingerprint density at radius 1 is 1.19 bits per heavy atom. The molecule has 1 amide bonds. The summed E-state index contributed by atoms with van der Waals surface area (Å²) in [5.41, 5.74) is 2.70. The van der Waals surface area contributed by atoms with E-state index in [0.717, 1.165) is 23.4 Å². The van der Waals surface area contributed by atoms with E-state index in [4.69, 9.17) is 4.74 Å². The van der Waals surface area contributed by atoms with Gasteiger partial charge in [-0.05, 0) is 36.3 Å². The van der Waals surface area contributed by atoms with E-state index >= 15 is 0 Å². The first-order chi connectivity index (χ1) is 14.7. The number of aryl methyl sites for hydroxylation is 1. The number of anilines is 1. The van der Waals surface area contributed by atoms with Gasteiger partial charge in [-0.15, -0.1) is 0 Å². The summed E-state index contributed by atoms with van der Waals surface area (Å²) in [6.07, 6.45) is 2.38. The van der Waals surface area contributed by atoms with Gasteiger partial charge in [-0.1, -0.05) is 42.0 Å². The summed E-state index contributed by atoms with van der Waals surface area (Å²) < 4.78 is 32.3. The Morgan fingerprint density at radius 3 is 2.45 bits per heavy atom. The molecule has 158 valence electrons. The monoisotopic (exact) mass is 454 g/mol. The number of carbonyl (C=O) groups is 1. The normalized spacial score (nSPS) is 11.6. The van der Waals surface area contributed by atoms with Crippen molar-refractivity contribution in [2.45, 2.75) is 18.7 Å². The molecule has 31 heavy (non-hydrogen) atoms. The highest BCUT2D eigenvalue weighted by molar-refractivity contribution is 7.90. The van der Waals surface area contributed by atoms with Crippen LogP contribution < -0.4 is 10.1 Å². The summed E-state index contributed by atoms with van der Waals surface area (Å²) in [7, 11) is -3.58. The Labute approximate surface area is 183 Å². The van der Waals surface area contributed by atoms with Crippen molar-refractivity contribution in [2.75, 3.05) is 11.6 Å². The van der Waals surface area contributed by atoms with E-state index in [9.17, 15) is 18.5 Å². The average Bonchev–Trinajstić information content (AvgIpc) is 3.21. The molecule has 0 spiro atoms. The molecule has 0 aliphatic carbocycles. The van der Waals surface area contributed by atoms with Crippen molar-refractivity contribution < 1.29 is 17.9 Å². The minimum absolute atomic E-state index is 0.00794. The van der Waals surface area contributed by atoms with Crippen molar-refractivity contribution in [3.63, 3.8) is 0 Å². The summed E-state index contributed by atoms with van der Waals surface area (Å²) in [5.74, 6) is -0.0544. The lowest BCUT2D eigenvalue weighted by molar-refractivity contribution is -0.112. The fourth-order valence-corrected chi connectivity index (χ4v) is 3.84. The standard InChI is InChI=1S/C21H18N4O4S2/c1-14-3-5-16(6-4-14)13-29-18-9-7-15(8-10-18)11-17(12-22)19(26)23-20-24-21(25-30-20)31(2,27)28/h3-11H,13H2,1-2H3,(H,23,24,25,26)/b17-11-. The van der Waals surface area contributed by atoms with E-state index in [1.807, 2.05) is 37.3 Å². The maximum absolute atomic E-state index is 12.3. The van der Waals surface area contributed by atoms with Gasteiger partial charge in [-0.2, -0.15) is 14.6 Å². The molecule has 3 aromatic rings. The summed E-state index contributed by atoms with van der Waals surface area (Å²) >= 11 is 0.720. The number of ether oxygens (including phenoxy) is 1. The molecule has 0 radical (unpaired) electrons. The van der Waals surface area contributed by atoms with Crippen molar-refractivity contribution in [3.05, 3.63) is 70.8 Å². The number of hydrogen-bond donors (Lipinski definition) is 1. The van der Waals surface area contributed by atoms with E-state index in [-0.39, 0.29) is 15.9 Å². The maximum atomic E-state index is 12.3. The van der Waals surface area contributed by atoms with Crippen molar-refractivity contribution in [1.29, 1.82) is 5.26 Å². The van der Waals surface area contributed by atoms with Crippen molar-refractivity contribution >= 4 is 38.5 Å². The van der Waals surface area contributed by atoms with Gasteiger partial charge in [0.1, 0.15) is 24.0 Å². The summed E-state index contributed by atoms with van der Waals surface area (Å²) in [4.78, 5) is 16.1. The van der Waals surface area contributed by atoms with Gasteiger partial charge in [-0.25, -0.2) is 8.42 Å². The van der Waals surface area contributed by atoms with Gasteiger partial charge >= 0.3 is 0 Å². The highest BCUT2D eigenvalue weighted by Crippen LogP contribution is 2.18. The summed E-state index contributed by atoms with van der Waals surface area (Å²) in [6.45, 7) is 2.45. The third-order valence-electron chi connectivity index (χ3n) is 4.04. The Kier molecular flexibility index (Phi) is 6.79. The molecule has 0 aliphatic rings. The first-order valence-electron chi connectivity index (χ1n) is 9.00. The Morgan fingerprint density at radius 2 is 1.87 bits per heavy atom. The molecule has 0 saturated carbocycles. The van der Waals surface area contributed by atoms with Crippen molar-refractivity contribution in [3.8, 4) is 11.8 Å². The lowest BCUT2D eigenvalue weighted by Gasteiger charge is -2.07. The number of nitrogens with one attached hydrogen (secondary N) is 1. The molecule has 0 aliphatic heterocycles. The van der Waals surface area contributed by atoms with Gasteiger partial charge in [0, 0.05) is 17.8 Å². The van der Waals surface area contributed by atoms with Crippen LogP contribution in [0.1, 0.15) is 16.7 Å². The third-order valence-corrected chi connectivity index (χ3v) is 5.63. The average molecular weight is 455 g/mol. The zero-order valence-electron chi connectivity index (χ0n) is 16.7. The zero-order valence-corrected chi connectivity index (χ0v) is 18.3. The van der Waals surface area contributed by atoms with Gasteiger partial charge in [-0.3, -0.25) is 10.1 Å². The molecular weight excluding hydrogens is 436 g/mol. The number of nitriles is 1. The molecule has 0 fully saturated rings. The highest BCUT2D eigenvalue weighted by atomic mass is 32.2. The topological polar surface area (TPSA) is 122 Å². The van der Waals surface area contributed by atoms with Crippen LogP contribution in [0.4, 0.5) is 5.13 Å². The van der Waals surface area contributed by atoms with Gasteiger partial charge in [0.25, 0.3) is 11.1 Å². The van der Waals surface area contributed by atoms with E-state index < -0.39 is 15.7 Å². The predicted octanol–water partition coefficient (Wildman–Crippen LogP) is 3.37. The van der Waals surface area contributed by atoms with E-state index in [1.165, 1.54) is 11.6 Å². The Hall–Kier alpha value is -3.55. The van der Waals surface area contributed by atoms with Crippen LogP contribution in [0.2, 0.25) is 0 Å². The number of carbonyl (C=O) groups excluding carboxylic acids is 1. The minimum Gasteiger partial charge on any atom is -0.489 e. The summed E-state index contributed by atoms with van der Waals surface area (Å²) in [5, 5.41) is 11.3. The smallest absolute Gasteiger partial charge is 0.268 e. The maximum Gasteiger partial charge on any atom is 0.268 e. The van der Waals surface area contributed by atoms with Crippen LogP contribution in [0.25, 0.3) is 6.08 Å². The molecule has 10 heteroatoms. The molecule has 1 aromatic heterocycles. The van der Waals surface area contributed by atoms with Gasteiger partial charge in [0.05, 0.1) is 0 Å². The van der Waals surface area contributed by atoms with Crippen LogP contribution in [0.3, 0.4) is 0 Å². The molecule has 0 bridgehead atoms. The molecule has 3 rings (SSSR count). The second-order valence-corrected chi connectivity index (χ2v) is 9.28. The summed E-state index contributed by atoms with van der Waals surface area (Å²) in [6, 6.07) is 16.8. The highest BCUT2D eigenvalue weighted by Gasteiger charge is 2.17. The number of amides is 1.